The van der Waals surface area contributed by atoms with Gasteiger partial charge in [0.15, 0.2) is 0 Å². The number of carbonyl (C=O) groups is 1. The van der Waals surface area contributed by atoms with Gasteiger partial charge < -0.3 is 10.2 Å². The maximum absolute atomic E-state index is 11.9. The van der Waals surface area contributed by atoms with E-state index >= 15 is 0 Å². The van der Waals surface area contributed by atoms with Crippen LogP contribution in [0.2, 0.25) is 0 Å². The van der Waals surface area contributed by atoms with Gasteiger partial charge in [-0.3, -0.25) is 0 Å². The number of hydrogen-bond acceptors (Lipinski definition) is 3. The highest BCUT2D eigenvalue weighted by Crippen LogP contribution is 2.20. The molecular formula is C11H22N2OS2. The smallest absolute Gasteiger partial charge is 0.317 e. The molecule has 1 aliphatic heterocycles. The van der Waals surface area contributed by atoms with Crippen molar-refractivity contribution in [3.05, 3.63) is 0 Å². The molecule has 0 aromatic heterocycles. The quantitative estimate of drug-likeness (QED) is 0.843. The molecule has 0 aliphatic carbocycles. The van der Waals surface area contributed by atoms with Crippen molar-refractivity contribution < 1.29 is 4.79 Å². The van der Waals surface area contributed by atoms with Crippen LogP contribution in [0.4, 0.5) is 4.79 Å². The molecule has 94 valence electrons. The summed E-state index contributed by atoms with van der Waals surface area (Å²) in [5.41, 5.74) is 0. The van der Waals surface area contributed by atoms with Gasteiger partial charge in [0.25, 0.3) is 0 Å². The first-order valence-electron chi connectivity index (χ1n) is 5.83. The fourth-order valence-corrected chi connectivity index (χ4v) is 3.51. The average Bonchev–Trinajstić information content (AvgIpc) is 2.29. The van der Waals surface area contributed by atoms with Gasteiger partial charge in [-0.1, -0.05) is 6.92 Å². The van der Waals surface area contributed by atoms with E-state index in [-0.39, 0.29) is 12.1 Å². The number of carbonyl (C=O) groups excluding carboxylic acids is 1. The fourth-order valence-electron chi connectivity index (χ4n) is 1.74. The van der Waals surface area contributed by atoms with Crippen LogP contribution in [0.15, 0.2) is 0 Å². The van der Waals surface area contributed by atoms with Gasteiger partial charge in [-0.25, -0.2) is 4.79 Å². The molecule has 1 heterocycles. The summed E-state index contributed by atoms with van der Waals surface area (Å²) in [7, 11) is 0. The van der Waals surface area contributed by atoms with Crippen LogP contribution in [0.1, 0.15) is 20.3 Å². The molecule has 0 bridgehead atoms. The van der Waals surface area contributed by atoms with Crippen LogP contribution in [0.25, 0.3) is 0 Å². The van der Waals surface area contributed by atoms with Crippen molar-refractivity contribution in [1.82, 2.24) is 10.2 Å². The van der Waals surface area contributed by atoms with Crippen LogP contribution >= 0.6 is 23.5 Å². The normalized spacial score (nSPS) is 22.9. The van der Waals surface area contributed by atoms with Crippen molar-refractivity contribution in [1.29, 1.82) is 0 Å². The maximum Gasteiger partial charge on any atom is 0.317 e. The summed E-state index contributed by atoms with van der Waals surface area (Å²) in [5.74, 6) is 2.05. The Balaban J connectivity index is 2.35. The van der Waals surface area contributed by atoms with E-state index in [1.54, 1.807) is 11.8 Å². The van der Waals surface area contributed by atoms with Crippen LogP contribution < -0.4 is 5.32 Å². The third-order valence-electron chi connectivity index (χ3n) is 2.67. The summed E-state index contributed by atoms with van der Waals surface area (Å²) in [6.45, 7) is 6.04. The number of nitrogens with one attached hydrogen (secondary N) is 1. The third kappa shape index (κ3) is 4.45. The molecule has 1 aliphatic rings. The second-order valence-electron chi connectivity index (χ2n) is 4.15. The first-order valence-corrected chi connectivity index (χ1v) is 8.27. The summed E-state index contributed by atoms with van der Waals surface area (Å²) in [5, 5.41) is 3.67. The number of thioether (sulfide) groups is 2. The number of urea groups is 1. The van der Waals surface area contributed by atoms with Crippen LogP contribution in [0.5, 0.6) is 0 Å². The number of amides is 2. The first-order chi connectivity index (χ1) is 7.67. The summed E-state index contributed by atoms with van der Waals surface area (Å²) in [6.07, 6.45) is 3.21. The zero-order valence-corrected chi connectivity index (χ0v) is 12.0. The minimum Gasteiger partial charge on any atom is -0.335 e. The van der Waals surface area contributed by atoms with E-state index in [4.69, 9.17) is 0 Å². The van der Waals surface area contributed by atoms with E-state index in [2.05, 4.69) is 25.4 Å². The molecule has 3 nitrogen and oxygen atoms in total. The molecule has 16 heavy (non-hydrogen) atoms. The lowest BCUT2D eigenvalue weighted by Crippen LogP contribution is -2.49. The van der Waals surface area contributed by atoms with Gasteiger partial charge in [0, 0.05) is 35.9 Å². The summed E-state index contributed by atoms with van der Waals surface area (Å²) in [6, 6.07) is 0.373. The van der Waals surface area contributed by atoms with Gasteiger partial charge >= 0.3 is 6.03 Å². The minimum absolute atomic E-state index is 0.111. The standard InChI is InChI=1S/C11H22N2OS2/c1-4-10-7-13(5-6-16-10)11(14)12-9(2)8-15-3/h9-10H,4-8H2,1-3H3,(H,12,14)/t9-,10-/m1/s1. The zero-order valence-electron chi connectivity index (χ0n) is 10.4. The van der Waals surface area contributed by atoms with E-state index < -0.39 is 0 Å². The van der Waals surface area contributed by atoms with Crippen molar-refractivity contribution in [2.75, 3.05) is 30.9 Å². The number of hydrogen-bond donors (Lipinski definition) is 1. The molecule has 0 radical (unpaired) electrons. The second kappa shape index (κ2) is 7.33. The van der Waals surface area contributed by atoms with Crippen LogP contribution in [0, 0.1) is 0 Å². The molecule has 0 spiro atoms. The Morgan fingerprint density at radius 3 is 3.06 bits per heavy atom. The van der Waals surface area contributed by atoms with Gasteiger partial charge in [-0.15, -0.1) is 0 Å². The van der Waals surface area contributed by atoms with Crippen molar-refractivity contribution in [3.8, 4) is 0 Å². The largest absolute Gasteiger partial charge is 0.335 e. The predicted octanol–water partition coefficient (Wildman–Crippen LogP) is 2.27. The highest BCUT2D eigenvalue weighted by Gasteiger charge is 2.23. The Morgan fingerprint density at radius 1 is 1.69 bits per heavy atom. The lowest BCUT2D eigenvalue weighted by atomic mass is 10.3. The Kier molecular flexibility index (Phi) is 6.43. The lowest BCUT2D eigenvalue weighted by molar-refractivity contribution is 0.197. The molecule has 0 aromatic rings. The number of nitrogens with zero attached hydrogens (tertiary/aromatic N) is 1. The Hall–Kier alpha value is -0.0300. The Morgan fingerprint density at radius 2 is 2.44 bits per heavy atom. The Bertz CT molecular complexity index is 226. The van der Waals surface area contributed by atoms with Gasteiger partial charge in [0.2, 0.25) is 0 Å². The summed E-state index contributed by atoms with van der Waals surface area (Å²) < 4.78 is 0. The molecule has 0 saturated carbocycles. The molecule has 2 amide bonds. The molecule has 1 N–H and O–H groups in total. The highest BCUT2D eigenvalue weighted by atomic mass is 32.2. The second-order valence-corrected chi connectivity index (χ2v) is 6.47. The Labute approximate surface area is 107 Å². The average molecular weight is 262 g/mol. The van der Waals surface area contributed by atoms with Crippen molar-refractivity contribution in [2.45, 2.75) is 31.6 Å². The topological polar surface area (TPSA) is 32.3 Å². The maximum atomic E-state index is 11.9. The molecule has 1 fully saturated rings. The minimum atomic E-state index is 0.111. The van der Waals surface area contributed by atoms with E-state index in [1.165, 1.54) is 0 Å². The molecule has 5 heteroatoms. The van der Waals surface area contributed by atoms with Gasteiger partial charge in [0.1, 0.15) is 0 Å². The van der Waals surface area contributed by atoms with E-state index in [1.807, 2.05) is 16.7 Å². The summed E-state index contributed by atoms with van der Waals surface area (Å²) >= 11 is 3.75. The van der Waals surface area contributed by atoms with Crippen LogP contribution in [-0.2, 0) is 0 Å². The van der Waals surface area contributed by atoms with Crippen molar-refractivity contribution in [3.63, 3.8) is 0 Å². The van der Waals surface area contributed by atoms with Crippen molar-refractivity contribution >= 4 is 29.6 Å². The zero-order chi connectivity index (χ0) is 12.0. The fraction of sp³-hybridized carbons (Fsp3) is 0.909. The van der Waals surface area contributed by atoms with Crippen LogP contribution in [-0.4, -0.2) is 53.1 Å². The first kappa shape index (κ1) is 14.0. The molecule has 0 unspecified atom stereocenters. The third-order valence-corrected chi connectivity index (χ3v) is 4.87. The van der Waals surface area contributed by atoms with E-state index in [0.29, 0.717) is 5.25 Å². The van der Waals surface area contributed by atoms with Gasteiger partial charge in [0.05, 0.1) is 0 Å². The molecule has 0 aromatic carbocycles. The van der Waals surface area contributed by atoms with E-state index in [9.17, 15) is 4.79 Å². The SMILES string of the molecule is CC[C@@H]1CN(C(=O)N[C@H](C)CSC)CCS1. The summed E-state index contributed by atoms with van der Waals surface area (Å²) in [4.78, 5) is 13.9. The number of rotatable bonds is 4. The van der Waals surface area contributed by atoms with E-state index in [0.717, 1.165) is 31.0 Å². The molecule has 1 saturated heterocycles. The van der Waals surface area contributed by atoms with Gasteiger partial charge in [-0.05, 0) is 19.6 Å². The monoisotopic (exact) mass is 262 g/mol. The predicted molar refractivity (Wildman–Crippen MR) is 74.5 cm³/mol. The lowest BCUT2D eigenvalue weighted by Gasteiger charge is -2.32. The molecule has 2 atom stereocenters. The van der Waals surface area contributed by atoms with Crippen molar-refractivity contribution in [2.24, 2.45) is 0 Å². The van der Waals surface area contributed by atoms with Gasteiger partial charge in [-0.2, -0.15) is 23.5 Å². The van der Waals surface area contributed by atoms with Crippen LogP contribution in [0.3, 0.4) is 0 Å². The molecular weight excluding hydrogens is 240 g/mol. The molecule has 1 rings (SSSR count). The highest BCUT2D eigenvalue weighted by molar-refractivity contribution is 8.00.